The first-order valence-corrected chi connectivity index (χ1v) is 14.9. The minimum atomic E-state index is -3.98. The zero-order valence-corrected chi connectivity index (χ0v) is 22.8. The molecule has 1 aromatic carbocycles. The second kappa shape index (κ2) is 10.1. The van der Waals surface area contributed by atoms with E-state index in [1.165, 1.54) is 12.8 Å². The molecule has 4 heterocycles. The lowest BCUT2D eigenvalue weighted by atomic mass is 9.93. The maximum absolute atomic E-state index is 12.2. The van der Waals surface area contributed by atoms with Gasteiger partial charge in [0.2, 0.25) is 10.0 Å². The van der Waals surface area contributed by atoms with Crippen LogP contribution in [0, 0.1) is 12.3 Å². The van der Waals surface area contributed by atoms with E-state index in [4.69, 9.17) is 14.9 Å². The average molecular weight is 552 g/mol. The Morgan fingerprint density at radius 2 is 1.90 bits per heavy atom. The molecule has 0 radical (unpaired) electrons. The van der Waals surface area contributed by atoms with Gasteiger partial charge in [-0.25, -0.2) is 28.2 Å². The Balaban J connectivity index is 1.37. The summed E-state index contributed by atoms with van der Waals surface area (Å²) in [6, 6.07) is 7.21. The zero-order chi connectivity index (χ0) is 27.2. The van der Waals surface area contributed by atoms with Gasteiger partial charge in [0.1, 0.15) is 10.9 Å². The van der Waals surface area contributed by atoms with Gasteiger partial charge in [-0.15, -0.1) is 5.10 Å². The number of nitrogens with zero attached hydrogens (tertiary/aromatic N) is 6. The molecule has 3 aromatic rings. The Labute approximate surface area is 227 Å². The number of aryl methyl sites for hydroxylation is 1. The maximum Gasteiger partial charge on any atom is 0.218 e. The van der Waals surface area contributed by atoms with Gasteiger partial charge >= 0.3 is 0 Å². The van der Waals surface area contributed by atoms with Crippen molar-refractivity contribution >= 4 is 21.3 Å². The number of ether oxygens (including phenoxy) is 1. The Morgan fingerprint density at radius 3 is 2.56 bits per heavy atom. The standard InChI is InChI=1S/C27H33N7O4S/c1-18-14-21(30-26(29-18)19-4-12-38-13-5-19)22-16-34(32-31-22)23-3-2-20(25(17-35)39(28,36)37)15-24(23)33-10-8-27(6-7-27)9-11-33/h2-4,14-16,25,35H,5-13,17H2,1H3,(H2,28,36,37). The van der Waals surface area contributed by atoms with Crippen molar-refractivity contribution in [3.63, 3.8) is 0 Å². The molecule has 1 saturated carbocycles. The van der Waals surface area contributed by atoms with Crippen LogP contribution in [0.3, 0.4) is 0 Å². The van der Waals surface area contributed by atoms with E-state index in [9.17, 15) is 13.5 Å². The molecule has 6 rings (SSSR count). The van der Waals surface area contributed by atoms with Crippen molar-refractivity contribution in [3.8, 4) is 17.1 Å². The molecule has 2 fully saturated rings. The molecule has 2 aliphatic heterocycles. The molecule has 1 aliphatic carbocycles. The summed E-state index contributed by atoms with van der Waals surface area (Å²) < 4.78 is 31.5. The lowest BCUT2D eigenvalue weighted by molar-refractivity contribution is 0.161. The van der Waals surface area contributed by atoms with E-state index in [1.807, 2.05) is 37.4 Å². The first-order chi connectivity index (χ1) is 18.7. The summed E-state index contributed by atoms with van der Waals surface area (Å²) in [4.78, 5) is 11.7. The SMILES string of the molecule is Cc1cc(-c2cn(-c3ccc(C(CO)S(N)(=O)=O)cc3N3CCC4(CC3)CC4)nn2)nc(C2=CCOCC2)n1. The monoisotopic (exact) mass is 551 g/mol. The van der Waals surface area contributed by atoms with Gasteiger partial charge in [0, 0.05) is 18.8 Å². The van der Waals surface area contributed by atoms with E-state index in [1.54, 1.807) is 10.7 Å². The van der Waals surface area contributed by atoms with Crippen LogP contribution < -0.4 is 10.0 Å². The molecular formula is C27H33N7O4S. The molecule has 12 heteroatoms. The summed E-state index contributed by atoms with van der Waals surface area (Å²) in [6.07, 6.45) is 9.36. The van der Waals surface area contributed by atoms with Crippen LogP contribution in [-0.2, 0) is 14.8 Å². The Bertz CT molecular complexity index is 1520. The minimum Gasteiger partial charge on any atom is -0.395 e. The fourth-order valence-electron chi connectivity index (χ4n) is 5.56. The van der Waals surface area contributed by atoms with E-state index in [0.29, 0.717) is 41.4 Å². The minimum absolute atomic E-state index is 0.451. The highest BCUT2D eigenvalue weighted by atomic mass is 32.2. The number of nitrogens with two attached hydrogens (primary N) is 1. The number of benzene rings is 1. The molecule has 1 atom stereocenters. The van der Waals surface area contributed by atoms with Crippen molar-refractivity contribution in [3.05, 3.63) is 53.6 Å². The predicted octanol–water partition coefficient (Wildman–Crippen LogP) is 2.54. The molecule has 1 unspecified atom stereocenters. The molecule has 11 nitrogen and oxygen atoms in total. The van der Waals surface area contributed by atoms with Crippen LogP contribution in [0.1, 0.15) is 54.4 Å². The first kappa shape index (κ1) is 26.1. The third-order valence-electron chi connectivity index (χ3n) is 8.16. The van der Waals surface area contributed by atoms with Gasteiger partial charge in [0.25, 0.3) is 0 Å². The summed E-state index contributed by atoms with van der Waals surface area (Å²) in [6.45, 7) is 4.27. The van der Waals surface area contributed by atoms with E-state index < -0.39 is 21.9 Å². The van der Waals surface area contributed by atoms with Crippen molar-refractivity contribution in [2.75, 3.05) is 37.8 Å². The second-order valence-corrected chi connectivity index (χ2v) is 12.6. The van der Waals surface area contributed by atoms with Gasteiger partial charge in [-0.3, -0.25) is 0 Å². The van der Waals surface area contributed by atoms with E-state index in [-0.39, 0.29) is 0 Å². The number of anilines is 1. The van der Waals surface area contributed by atoms with Crippen LogP contribution in [0.25, 0.3) is 22.6 Å². The lowest BCUT2D eigenvalue weighted by Crippen LogP contribution is -2.35. The smallest absolute Gasteiger partial charge is 0.218 e. The number of sulfonamides is 1. The molecule has 3 N–H and O–H groups in total. The average Bonchev–Trinajstić information content (AvgIpc) is 3.49. The van der Waals surface area contributed by atoms with Crippen LogP contribution in [0.15, 0.2) is 36.5 Å². The van der Waals surface area contributed by atoms with Crippen molar-refractivity contribution in [1.82, 2.24) is 25.0 Å². The molecule has 0 amide bonds. The summed E-state index contributed by atoms with van der Waals surface area (Å²) in [5, 5.41) is 22.9. The van der Waals surface area contributed by atoms with Crippen LogP contribution in [0.2, 0.25) is 0 Å². The highest BCUT2D eigenvalue weighted by Crippen LogP contribution is 2.54. The number of hydrogen-bond acceptors (Lipinski definition) is 9. The molecule has 1 spiro atoms. The van der Waals surface area contributed by atoms with E-state index in [0.717, 1.165) is 55.0 Å². The maximum atomic E-state index is 12.2. The fraction of sp³-hybridized carbons (Fsp3) is 0.481. The van der Waals surface area contributed by atoms with E-state index >= 15 is 0 Å². The Kier molecular flexibility index (Phi) is 6.74. The fourth-order valence-corrected chi connectivity index (χ4v) is 6.29. The van der Waals surface area contributed by atoms with Gasteiger partial charge < -0.3 is 14.7 Å². The highest BCUT2D eigenvalue weighted by Gasteiger charge is 2.44. The van der Waals surface area contributed by atoms with Crippen molar-refractivity contribution < 1.29 is 18.3 Å². The van der Waals surface area contributed by atoms with Gasteiger partial charge in [-0.05, 0) is 73.8 Å². The Hall–Kier alpha value is -3.19. The third-order valence-corrected chi connectivity index (χ3v) is 9.38. The van der Waals surface area contributed by atoms with E-state index in [2.05, 4.69) is 20.2 Å². The summed E-state index contributed by atoms with van der Waals surface area (Å²) in [5.41, 5.74) is 5.72. The van der Waals surface area contributed by atoms with Crippen molar-refractivity contribution in [2.24, 2.45) is 10.6 Å². The summed E-state index contributed by atoms with van der Waals surface area (Å²) in [7, 11) is -3.98. The van der Waals surface area contributed by atoms with Gasteiger partial charge in [-0.1, -0.05) is 17.4 Å². The third kappa shape index (κ3) is 5.33. The lowest BCUT2D eigenvalue weighted by Gasteiger charge is -2.35. The van der Waals surface area contributed by atoms with Gasteiger partial charge in [0.15, 0.2) is 5.82 Å². The number of aliphatic hydroxyl groups excluding tert-OH is 1. The first-order valence-electron chi connectivity index (χ1n) is 13.3. The molecule has 3 aliphatic rings. The largest absolute Gasteiger partial charge is 0.395 e. The van der Waals surface area contributed by atoms with Gasteiger partial charge in [-0.2, -0.15) is 0 Å². The Morgan fingerprint density at radius 1 is 1.10 bits per heavy atom. The number of piperidine rings is 1. The topological polar surface area (TPSA) is 149 Å². The van der Waals surface area contributed by atoms with Crippen LogP contribution in [0.4, 0.5) is 5.69 Å². The molecule has 0 bridgehead atoms. The molecule has 39 heavy (non-hydrogen) atoms. The van der Waals surface area contributed by atoms with Crippen molar-refractivity contribution in [1.29, 1.82) is 0 Å². The number of primary sulfonamides is 1. The number of aromatic nitrogens is 5. The molecule has 1 saturated heterocycles. The highest BCUT2D eigenvalue weighted by molar-refractivity contribution is 7.89. The molecular weight excluding hydrogens is 518 g/mol. The molecule has 206 valence electrons. The van der Waals surface area contributed by atoms with Crippen LogP contribution >= 0.6 is 0 Å². The second-order valence-electron chi connectivity index (χ2n) is 10.8. The summed E-state index contributed by atoms with van der Waals surface area (Å²) in [5.74, 6) is 0.674. The number of rotatable bonds is 7. The quantitative estimate of drug-likeness (QED) is 0.452. The molecule has 2 aromatic heterocycles. The van der Waals surface area contributed by atoms with Crippen molar-refractivity contribution in [2.45, 2.75) is 44.3 Å². The van der Waals surface area contributed by atoms with Gasteiger partial charge in [0.05, 0.1) is 43.1 Å². The number of hydrogen-bond donors (Lipinski definition) is 2. The normalized spacial score (nSPS) is 19.7. The zero-order valence-electron chi connectivity index (χ0n) is 22.0. The van der Waals surface area contributed by atoms with Crippen LogP contribution in [-0.4, -0.2) is 71.4 Å². The predicted molar refractivity (Wildman–Crippen MR) is 147 cm³/mol. The number of aliphatic hydroxyl groups is 1. The van der Waals surface area contributed by atoms with Crippen LogP contribution in [0.5, 0.6) is 0 Å². The summed E-state index contributed by atoms with van der Waals surface area (Å²) >= 11 is 0.